The topological polar surface area (TPSA) is 51.4 Å². The van der Waals surface area contributed by atoms with Crippen molar-refractivity contribution in [1.82, 2.24) is 4.98 Å². The van der Waals surface area contributed by atoms with Gasteiger partial charge in [0.2, 0.25) is 0 Å². The van der Waals surface area contributed by atoms with Gasteiger partial charge in [-0.25, -0.2) is 4.98 Å². The Hall–Kier alpha value is -1.13. The van der Waals surface area contributed by atoms with E-state index in [-0.39, 0.29) is 6.04 Å². The third kappa shape index (κ3) is 3.67. The van der Waals surface area contributed by atoms with Gasteiger partial charge < -0.3 is 15.4 Å². The molecule has 2 atom stereocenters. The molecule has 2 unspecified atom stereocenters. The molecule has 1 aromatic rings. The van der Waals surface area contributed by atoms with Crippen LogP contribution in [-0.2, 0) is 11.2 Å². The second-order valence-corrected chi connectivity index (χ2v) is 5.21. The summed E-state index contributed by atoms with van der Waals surface area (Å²) in [6.07, 6.45) is 5.13. The van der Waals surface area contributed by atoms with Crippen molar-refractivity contribution in [2.75, 3.05) is 24.6 Å². The summed E-state index contributed by atoms with van der Waals surface area (Å²) in [5, 5.41) is 0. The maximum absolute atomic E-state index is 6.09. The first-order chi connectivity index (χ1) is 9.24. The molecule has 2 N–H and O–H groups in total. The van der Waals surface area contributed by atoms with Crippen molar-refractivity contribution in [3.05, 3.63) is 23.9 Å². The Bertz CT molecular complexity index is 397. The van der Waals surface area contributed by atoms with E-state index < -0.39 is 0 Å². The summed E-state index contributed by atoms with van der Waals surface area (Å²) in [7, 11) is 0. The maximum Gasteiger partial charge on any atom is 0.131 e. The lowest BCUT2D eigenvalue weighted by molar-refractivity contribution is 0.0381. The lowest BCUT2D eigenvalue weighted by Gasteiger charge is -2.34. The van der Waals surface area contributed by atoms with Crippen LogP contribution in [0.15, 0.2) is 18.3 Å². The number of nitrogens with zero attached hydrogens (tertiary/aromatic N) is 2. The lowest BCUT2D eigenvalue weighted by Crippen LogP contribution is -2.43. The second kappa shape index (κ2) is 6.87. The Labute approximate surface area is 116 Å². The summed E-state index contributed by atoms with van der Waals surface area (Å²) in [5.41, 5.74) is 7.34. The highest BCUT2D eigenvalue weighted by atomic mass is 16.5. The zero-order chi connectivity index (χ0) is 13.7. The predicted molar refractivity (Wildman–Crippen MR) is 78.5 cm³/mol. The molecule has 0 aliphatic carbocycles. The number of pyridine rings is 1. The van der Waals surface area contributed by atoms with Crippen LogP contribution >= 0.6 is 0 Å². The fraction of sp³-hybridized carbons (Fsp3) is 0.667. The van der Waals surface area contributed by atoms with E-state index in [1.165, 1.54) is 5.56 Å². The fourth-order valence-corrected chi connectivity index (χ4v) is 2.46. The zero-order valence-corrected chi connectivity index (χ0v) is 12.0. The van der Waals surface area contributed by atoms with Gasteiger partial charge in [-0.2, -0.15) is 0 Å². The molecule has 4 heteroatoms. The van der Waals surface area contributed by atoms with Crippen molar-refractivity contribution in [3.63, 3.8) is 0 Å². The molecule has 2 rings (SSSR count). The van der Waals surface area contributed by atoms with Crippen molar-refractivity contribution in [2.45, 2.75) is 45.3 Å². The first kappa shape index (κ1) is 14.3. The molecular weight excluding hydrogens is 238 g/mol. The first-order valence-corrected chi connectivity index (χ1v) is 7.30. The van der Waals surface area contributed by atoms with Crippen LogP contribution in [0.1, 0.15) is 32.3 Å². The van der Waals surface area contributed by atoms with E-state index in [2.05, 4.69) is 29.8 Å². The third-order valence-electron chi connectivity index (χ3n) is 3.77. The number of ether oxygens (including phenoxy) is 1. The van der Waals surface area contributed by atoms with Crippen molar-refractivity contribution in [2.24, 2.45) is 5.73 Å². The second-order valence-electron chi connectivity index (χ2n) is 5.21. The number of aromatic nitrogens is 1. The highest BCUT2D eigenvalue weighted by Crippen LogP contribution is 2.22. The van der Waals surface area contributed by atoms with E-state index >= 15 is 0 Å². The number of anilines is 1. The van der Waals surface area contributed by atoms with E-state index in [1.54, 1.807) is 0 Å². The molecule has 1 saturated heterocycles. The summed E-state index contributed by atoms with van der Waals surface area (Å²) in [6, 6.07) is 4.36. The van der Waals surface area contributed by atoms with Gasteiger partial charge in [-0.1, -0.05) is 19.9 Å². The minimum atomic E-state index is 0.214. The van der Waals surface area contributed by atoms with Crippen LogP contribution in [0.4, 0.5) is 5.82 Å². The van der Waals surface area contributed by atoms with Gasteiger partial charge >= 0.3 is 0 Å². The Morgan fingerprint density at radius 3 is 3.11 bits per heavy atom. The molecule has 0 bridgehead atoms. The highest BCUT2D eigenvalue weighted by Gasteiger charge is 2.22. The van der Waals surface area contributed by atoms with Crippen LogP contribution in [0.2, 0.25) is 0 Å². The third-order valence-corrected chi connectivity index (χ3v) is 3.77. The minimum Gasteiger partial charge on any atom is -0.375 e. The van der Waals surface area contributed by atoms with E-state index in [1.807, 2.05) is 12.3 Å². The molecule has 0 amide bonds. The Kier molecular flexibility index (Phi) is 5.16. The average molecular weight is 263 g/mol. The monoisotopic (exact) mass is 263 g/mol. The quantitative estimate of drug-likeness (QED) is 0.882. The number of hydrogen-bond acceptors (Lipinski definition) is 4. The summed E-state index contributed by atoms with van der Waals surface area (Å²) in [5.74, 6) is 1.09. The minimum absolute atomic E-state index is 0.214. The van der Waals surface area contributed by atoms with Gasteiger partial charge in [0.05, 0.1) is 12.7 Å². The van der Waals surface area contributed by atoms with Gasteiger partial charge in [-0.05, 0) is 30.9 Å². The van der Waals surface area contributed by atoms with Gasteiger partial charge in [-0.3, -0.25) is 0 Å². The average Bonchev–Trinajstić information content (AvgIpc) is 2.47. The smallest absolute Gasteiger partial charge is 0.131 e. The summed E-state index contributed by atoms with van der Waals surface area (Å²) < 4.78 is 5.73. The van der Waals surface area contributed by atoms with Crippen molar-refractivity contribution in [1.29, 1.82) is 0 Å². The van der Waals surface area contributed by atoms with Crippen LogP contribution in [0.3, 0.4) is 0 Å². The zero-order valence-electron chi connectivity index (χ0n) is 12.0. The molecule has 0 spiro atoms. The number of hydrogen-bond donors (Lipinski definition) is 1. The molecule has 4 nitrogen and oxygen atoms in total. The fourth-order valence-electron chi connectivity index (χ4n) is 2.46. The molecule has 106 valence electrons. The molecule has 1 fully saturated rings. The Morgan fingerprint density at radius 1 is 1.53 bits per heavy atom. The van der Waals surface area contributed by atoms with Gasteiger partial charge in [0.1, 0.15) is 5.82 Å². The van der Waals surface area contributed by atoms with E-state index in [9.17, 15) is 0 Å². The largest absolute Gasteiger partial charge is 0.375 e. The van der Waals surface area contributed by atoms with Crippen molar-refractivity contribution in [3.8, 4) is 0 Å². The summed E-state index contributed by atoms with van der Waals surface area (Å²) in [6.45, 7) is 6.93. The van der Waals surface area contributed by atoms with Gasteiger partial charge in [0.15, 0.2) is 0 Å². The van der Waals surface area contributed by atoms with Crippen LogP contribution in [-0.4, -0.2) is 36.8 Å². The van der Waals surface area contributed by atoms with Gasteiger partial charge in [-0.15, -0.1) is 0 Å². The Balaban J connectivity index is 2.14. The molecule has 2 heterocycles. The van der Waals surface area contributed by atoms with Crippen LogP contribution in [0.5, 0.6) is 0 Å². The number of morpholine rings is 1. The maximum atomic E-state index is 6.09. The lowest BCUT2D eigenvalue weighted by atomic mass is 10.0. The highest BCUT2D eigenvalue weighted by molar-refractivity contribution is 5.47. The van der Waals surface area contributed by atoms with Crippen LogP contribution in [0.25, 0.3) is 0 Å². The van der Waals surface area contributed by atoms with E-state index in [0.29, 0.717) is 6.10 Å². The summed E-state index contributed by atoms with van der Waals surface area (Å²) >= 11 is 0. The molecule has 0 radical (unpaired) electrons. The SMILES string of the molecule is CCC(N)Cc1cccnc1N1CCOC(CC)C1. The van der Waals surface area contributed by atoms with Gasteiger partial charge in [0, 0.05) is 25.3 Å². The standard InChI is InChI=1S/C15H25N3O/c1-3-13(16)10-12-6-5-7-17-15(12)18-8-9-19-14(4-2)11-18/h5-7,13-14H,3-4,8-11,16H2,1-2H3. The number of nitrogens with two attached hydrogens (primary N) is 1. The van der Waals surface area contributed by atoms with Crippen molar-refractivity contribution < 1.29 is 4.74 Å². The molecular formula is C15H25N3O. The van der Waals surface area contributed by atoms with Crippen molar-refractivity contribution >= 4 is 5.82 Å². The predicted octanol–water partition coefficient (Wildman–Crippen LogP) is 1.98. The van der Waals surface area contributed by atoms with E-state index in [4.69, 9.17) is 10.5 Å². The molecule has 0 saturated carbocycles. The van der Waals surface area contributed by atoms with Gasteiger partial charge in [0.25, 0.3) is 0 Å². The molecule has 1 aliphatic rings. The van der Waals surface area contributed by atoms with Crippen LogP contribution < -0.4 is 10.6 Å². The molecule has 1 aliphatic heterocycles. The molecule has 19 heavy (non-hydrogen) atoms. The summed E-state index contributed by atoms with van der Waals surface area (Å²) in [4.78, 5) is 6.92. The normalized spacial score (nSPS) is 21.4. The number of rotatable bonds is 5. The Morgan fingerprint density at radius 2 is 2.37 bits per heavy atom. The van der Waals surface area contributed by atoms with E-state index in [0.717, 1.165) is 44.8 Å². The van der Waals surface area contributed by atoms with Crippen LogP contribution in [0, 0.1) is 0 Å². The molecule has 1 aromatic heterocycles. The first-order valence-electron chi connectivity index (χ1n) is 7.30. The molecule has 0 aromatic carbocycles.